The Morgan fingerprint density at radius 3 is 2.52 bits per heavy atom. The maximum Gasteiger partial charge on any atom is 0.338 e. The number of phenols is 1. The Morgan fingerprint density at radius 1 is 1.17 bits per heavy atom. The molecule has 7 heteroatoms. The molecule has 0 fully saturated rings. The highest BCUT2D eigenvalue weighted by atomic mass is 32.1. The molecule has 0 aliphatic carbocycles. The van der Waals surface area contributed by atoms with E-state index in [1.807, 2.05) is 30.3 Å². The van der Waals surface area contributed by atoms with E-state index in [2.05, 4.69) is 4.99 Å². The van der Waals surface area contributed by atoms with Crippen LogP contribution in [0.25, 0.3) is 6.08 Å². The minimum Gasteiger partial charge on any atom is -0.508 e. The fourth-order valence-corrected chi connectivity index (χ4v) is 4.41. The topological polar surface area (TPSA) is 80.9 Å². The monoisotopic (exact) mass is 406 g/mol. The van der Waals surface area contributed by atoms with Gasteiger partial charge in [-0.1, -0.05) is 53.8 Å². The largest absolute Gasteiger partial charge is 0.508 e. The lowest BCUT2D eigenvalue weighted by molar-refractivity contribution is -0.136. The molecule has 0 saturated carbocycles. The first kappa shape index (κ1) is 18.9. The summed E-state index contributed by atoms with van der Waals surface area (Å²) in [4.78, 5) is 30.9. The summed E-state index contributed by atoms with van der Waals surface area (Å²) in [6, 6.07) is 15.4. The Balaban J connectivity index is 1.97. The molecule has 0 radical (unpaired) electrons. The van der Waals surface area contributed by atoms with Crippen molar-refractivity contribution in [3.8, 4) is 5.75 Å². The van der Waals surface area contributed by atoms with Gasteiger partial charge in [-0.3, -0.25) is 9.36 Å². The van der Waals surface area contributed by atoms with Crippen LogP contribution < -0.4 is 14.9 Å². The summed E-state index contributed by atoms with van der Waals surface area (Å²) in [5.41, 5.74) is 2.24. The molecule has 1 atom stereocenters. The third-order valence-electron chi connectivity index (χ3n) is 4.73. The minimum atomic E-state index is -0.609. The summed E-state index contributed by atoms with van der Waals surface area (Å²) in [5.74, 6) is -0.348. The third-order valence-corrected chi connectivity index (χ3v) is 5.72. The summed E-state index contributed by atoms with van der Waals surface area (Å²) in [5, 5.41) is 9.46. The highest BCUT2D eigenvalue weighted by Crippen LogP contribution is 2.30. The molecule has 0 bridgehead atoms. The van der Waals surface area contributed by atoms with Crippen LogP contribution >= 0.6 is 11.3 Å². The number of carbonyl (C=O) groups excluding carboxylic acids is 1. The van der Waals surface area contributed by atoms with Crippen LogP contribution in [-0.4, -0.2) is 22.8 Å². The van der Waals surface area contributed by atoms with Crippen LogP contribution in [0.15, 0.2) is 75.7 Å². The van der Waals surface area contributed by atoms with Gasteiger partial charge in [0.05, 0.1) is 29.0 Å². The van der Waals surface area contributed by atoms with Crippen molar-refractivity contribution >= 4 is 23.4 Å². The number of fused-ring (bicyclic) bond motifs is 1. The number of aromatic nitrogens is 1. The molecule has 6 nitrogen and oxygen atoms in total. The number of benzene rings is 2. The quantitative estimate of drug-likeness (QED) is 0.676. The molecule has 2 aromatic carbocycles. The molecule has 0 saturated heterocycles. The van der Waals surface area contributed by atoms with Crippen LogP contribution in [0.4, 0.5) is 0 Å². The number of methoxy groups -OCH3 is 1. The first-order valence-electron chi connectivity index (χ1n) is 8.94. The zero-order valence-electron chi connectivity index (χ0n) is 15.8. The minimum absolute atomic E-state index is 0.158. The smallest absolute Gasteiger partial charge is 0.338 e. The van der Waals surface area contributed by atoms with Gasteiger partial charge in [-0.05, 0) is 36.3 Å². The molecule has 0 spiro atoms. The first-order chi connectivity index (χ1) is 14.0. The average Bonchev–Trinajstić information content (AvgIpc) is 3.03. The SMILES string of the molecule is COC(=O)C1=C(C)N=c2s/c(=C/c3ccc(O)cc3)c(=O)n2C1c1ccccc1. The number of allylic oxidation sites excluding steroid dienone is 1. The van der Waals surface area contributed by atoms with E-state index in [4.69, 9.17) is 4.74 Å². The molecule has 1 aromatic heterocycles. The van der Waals surface area contributed by atoms with Crippen LogP contribution in [0, 0.1) is 0 Å². The summed E-state index contributed by atoms with van der Waals surface area (Å²) in [7, 11) is 1.32. The van der Waals surface area contributed by atoms with E-state index >= 15 is 0 Å². The van der Waals surface area contributed by atoms with Gasteiger partial charge in [-0.15, -0.1) is 0 Å². The predicted molar refractivity (Wildman–Crippen MR) is 110 cm³/mol. The molecule has 146 valence electrons. The number of carbonyl (C=O) groups is 1. The number of phenolic OH excluding ortho intramolecular Hbond substituents is 1. The standard InChI is InChI=1S/C22H18N2O4S/c1-13-18(21(27)28-2)19(15-6-4-3-5-7-15)24-20(26)17(29-22(24)23-13)12-14-8-10-16(25)11-9-14/h3-12,19,25H,1-2H3/b17-12+. The molecule has 29 heavy (non-hydrogen) atoms. The van der Waals surface area contributed by atoms with E-state index in [0.29, 0.717) is 20.6 Å². The summed E-state index contributed by atoms with van der Waals surface area (Å²) in [6.07, 6.45) is 1.75. The van der Waals surface area contributed by atoms with Gasteiger partial charge in [-0.2, -0.15) is 0 Å². The van der Waals surface area contributed by atoms with E-state index in [0.717, 1.165) is 11.1 Å². The van der Waals surface area contributed by atoms with E-state index in [1.54, 1.807) is 41.8 Å². The maximum absolute atomic E-state index is 13.3. The van der Waals surface area contributed by atoms with E-state index < -0.39 is 12.0 Å². The second-order valence-electron chi connectivity index (χ2n) is 6.58. The average molecular weight is 406 g/mol. The van der Waals surface area contributed by atoms with Gasteiger partial charge in [0.15, 0.2) is 4.80 Å². The molecule has 2 heterocycles. The number of thiazole rings is 1. The summed E-state index contributed by atoms with van der Waals surface area (Å²) < 4.78 is 7.02. The number of hydrogen-bond acceptors (Lipinski definition) is 6. The molecule has 0 amide bonds. The number of aromatic hydroxyl groups is 1. The lowest BCUT2D eigenvalue weighted by Gasteiger charge is -2.24. The maximum atomic E-state index is 13.3. The van der Waals surface area contributed by atoms with Gasteiger partial charge < -0.3 is 9.84 Å². The van der Waals surface area contributed by atoms with Crippen molar-refractivity contribution in [2.24, 2.45) is 4.99 Å². The highest BCUT2D eigenvalue weighted by Gasteiger charge is 2.32. The lowest BCUT2D eigenvalue weighted by Crippen LogP contribution is -2.39. The van der Waals surface area contributed by atoms with Crippen LogP contribution in [-0.2, 0) is 9.53 Å². The van der Waals surface area contributed by atoms with Crippen molar-refractivity contribution in [3.05, 3.63) is 96.7 Å². The number of rotatable bonds is 3. The Hall–Kier alpha value is -3.45. The van der Waals surface area contributed by atoms with Crippen molar-refractivity contribution in [3.63, 3.8) is 0 Å². The van der Waals surface area contributed by atoms with E-state index in [1.165, 1.54) is 18.4 Å². The molecule has 4 rings (SSSR count). The van der Waals surface area contributed by atoms with Crippen LogP contribution in [0.3, 0.4) is 0 Å². The number of hydrogen-bond donors (Lipinski definition) is 1. The van der Waals surface area contributed by atoms with Gasteiger partial charge in [0.2, 0.25) is 0 Å². The molecular formula is C22H18N2O4S. The fraction of sp³-hybridized carbons (Fsp3) is 0.136. The molecule has 1 aliphatic heterocycles. The van der Waals surface area contributed by atoms with Gasteiger partial charge in [-0.25, -0.2) is 9.79 Å². The summed E-state index contributed by atoms with van der Waals surface area (Å²) in [6.45, 7) is 1.75. The van der Waals surface area contributed by atoms with Crippen molar-refractivity contribution in [1.29, 1.82) is 0 Å². The zero-order valence-corrected chi connectivity index (χ0v) is 16.6. The van der Waals surface area contributed by atoms with Crippen LogP contribution in [0.1, 0.15) is 24.1 Å². The number of esters is 1. The van der Waals surface area contributed by atoms with Crippen molar-refractivity contribution < 1.29 is 14.6 Å². The normalized spacial score (nSPS) is 16.3. The Kier molecular flexibility index (Phi) is 4.90. The zero-order chi connectivity index (χ0) is 20.5. The first-order valence-corrected chi connectivity index (χ1v) is 9.76. The van der Waals surface area contributed by atoms with Gasteiger partial charge in [0, 0.05) is 0 Å². The third kappa shape index (κ3) is 3.40. The van der Waals surface area contributed by atoms with Crippen LogP contribution in [0.5, 0.6) is 5.75 Å². The summed E-state index contributed by atoms with van der Waals surface area (Å²) >= 11 is 1.26. The van der Waals surface area contributed by atoms with Gasteiger partial charge in [0.1, 0.15) is 5.75 Å². The fourth-order valence-electron chi connectivity index (χ4n) is 3.37. The molecule has 1 unspecified atom stereocenters. The Labute approximate surface area is 170 Å². The highest BCUT2D eigenvalue weighted by molar-refractivity contribution is 7.07. The second-order valence-corrected chi connectivity index (χ2v) is 7.58. The Morgan fingerprint density at radius 2 is 1.86 bits per heavy atom. The predicted octanol–water partition coefficient (Wildman–Crippen LogP) is 2.11. The van der Waals surface area contributed by atoms with E-state index in [-0.39, 0.29) is 11.3 Å². The molecule has 1 N–H and O–H groups in total. The van der Waals surface area contributed by atoms with Gasteiger partial charge in [0.25, 0.3) is 5.56 Å². The molecular weight excluding hydrogens is 388 g/mol. The molecule has 1 aliphatic rings. The Bertz CT molecular complexity index is 1290. The number of nitrogens with zero attached hydrogens (tertiary/aromatic N) is 2. The molecule has 3 aromatic rings. The lowest BCUT2D eigenvalue weighted by atomic mass is 9.96. The number of ether oxygens (including phenoxy) is 1. The van der Waals surface area contributed by atoms with Crippen molar-refractivity contribution in [2.45, 2.75) is 13.0 Å². The van der Waals surface area contributed by atoms with Gasteiger partial charge >= 0.3 is 5.97 Å². The van der Waals surface area contributed by atoms with Crippen molar-refractivity contribution in [1.82, 2.24) is 4.57 Å². The van der Waals surface area contributed by atoms with E-state index in [9.17, 15) is 14.7 Å². The second kappa shape index (κ2) is 7.52. The van der Waals surface area contributed by atoms with Crippen molar-refractivity contribution in [2.75, 3.05) is 7.11 Å². The van der Waals surface area contributed by atoms with Crippen LogP contribution in [0.2, 0.25) is 0 Å².